The van der Waals surface area contributed by atoms with E-state index < -0.39 is 0 Å². The standard InChI is InChI=1S/C20H33N3O2.HI/c1-3-13-25-15-17-8-6-5-7-16(17)14-22-20(21-4-2)23-18-9-11-19(24)12-10-18;/h5-8,18-19,24H,3-4,9-15H2,1-2H3,(H2,21,22,23);1H. The van der Waals surface area contributed by atoms with Gasteiger partial charge in [0.25, 0.3) is 0 Å². The molecule has 1 aromatic rings. The van der Waals surface area contributed by atoms with Crippen LogP contribution in [0.15, 0.2) is 29.3 Å². The van der Waals surface area contributed by atoms with Gasteiger partial charge in [-0.2, -0.15) is 0 Å². The zero-order valence-electron chi connectivity index (χ0n) is 16.0. The third-order valence-corrected chi connectivity index (χ3v) is 4.51. The highest BCUT2D eigenvalue weighted by Gasteiger charge is 2.19. The molecule has 1 aromatic carbocycles. The molecule has 3 N–H and O–H groups in total. The summed E-state index contributed by atoms with van der Waals surface area (Å²) in [6.07, 6.45) is 4.63. The maximum atomic E-state index is 9.65. The number of aliphatic imine (C=N–C) groups is 1. The molecule has 6 heteroatoms. The molecular formula is C20H34IN3O2. The van der Waals surface area contributed by atoms with Gasteiger partial charge >= 0.3 is 0 Å². The van der Waals surface area contributed by atoms with Gasteiger partial charge < -0.3 is 20.5 Å². The smallest absolute Gasteiger partial charge is 0.191 e. The van der Waals surface area contributed by atoms with Crippen LogP contribution in [0.3, 0.4) is 0 Å². The largest absolute Gasteiger partial charge is 0.393 e. The number of halogens is 1. The lowest BCUT2D eigenvalue weighted by atomic mass is 9.93. The molecule has 0 heterocycles. The lowest BCUT2D eigenvalue weighted by molar-refractivity contribution is 0.120. The molecule has 2 rings (SSSR count). The normalized spacial score (nSPS) is 20.3. The average Bonchev–Trinajstić information content (AvgIpc) is 2.63. The van der Waals surface area contributed by atoms with Crippen molar-refractivity contribution >= 4 is 29.9 Å². The van der Waals surface area contributed by atoms with Crippen LogP contribution in [-0.4, -0.2) is 36.4 Å². The van der Waals surface area contributed by atoms with Crippen molar-refractivity contribution < 1.29 is 9.84 Å². The molecule has 5 nitrogen and oxygen atoms in total. The van der Waals surface area contributed by atoms with E-state index in [-0.39, 0.29) is 30.1 Å². The van der Waals surface area contributed by atoms with E-state index in [1.807, 2.05) is 0 Å². The highest BCUT2D eigenvalue weighted by Crippen LogP contribution is 2.18. The van der Waals surface area contributed by atoms with Gasteiger partial charge in [-0.1, -0.05) is 31.2 Å². The summed E-state index contributed by atoms with van der Waals surface area (Å²) in [4.78, 5) is 4.76. The van der Waals surface area contributed by atoms with Crippen LogP contribution in [0.4, 0.5) is 0 Å². The van der Waals surface area contributed by atoms with Crippen LogP contribution in [0.1, 0.15) is 57.1 Å². The van der Waals surface area contributed by atoms with Gasteiger partial charge in [-0.3, -0.25) is 0 Å². The van der Waals surface area contributed by atoms with E-state index in [2.05, 4.69) is 48.7 Å². The average molecular weight is 475 g/mol. The van der Waals surface area contributed by atoms with Gasteiger partial charge in [-0.15, -0.1) is 24.0 Å². The Hall–Kier alpha value is -0.860. The summed E-state index contributed by atoms with van der Waals surface area (Å²) in [5.41, 5.74) is 2.41. The molecule has 1 aliphatic rings. The summed E-state index contributed by atoms with van der Waals surface area (Å²) in [6.45, 7) is 7.10. The van der Waals surface area contributed by atoms with E-state index >= 15 is 0 Å². The van der Waals surface area contributed by atoms with Gasteiger partial charge in [0.1, 0.15) is 0 Å². The van der Waals surface area contributed by atoms with Crippen molar-refractivity contribution in [3.8, 4) is 0 Å². The van der Waals surface area contributed by atoms with E-state index in [9.17, 15) is 5.11 Å². The van der Waals surface area contributed by atoms with Crippen molar-refractivity contribution in [1.82, 2.24) is 10.6 Å². The number of benzene rings is 1. The van der Waals surface area contributed by atoms with E-state index in [1.54, 1.807) is 0 Å². The Bertz CT molecular complexity index is 532. The van der Waals surface area contributed by atoms with Crippen molar-refractivity contribution in [3.63, 3.8) is 0 Å². The minimum atomic E-state index is -0.132. The number of aliphatic hydroxyl groups excluding tert-OH is 1. The number of hydrogen-bond acceptors (Lipinski definition) is 3. The molecule has 1 aliphatic carbocycles. The third-order valence-electron chi connectivity index (χ3n) is 4.51. The zero-order valence-corrected chi connectivity index (χ0v) is 18.4. The minimum absolute atomic E-state index is 0. The second kappa shape index (κ2) is 13.3. The molecule has 0 bridgehead atoms. The van der Waals surface area contributed by atoms with Crippen molar-refractivity contribution in [3.05, 3.63) is 35.4 Å². The summed E-state index contributed by atoms with van der Waals surface area (Å²) in [6, 6.07) is 8.73. The number of hydrogen-bond donors (Lipinski definition) is 3. The topological polar surface area (TPSA) is 65.9 Å². The molecule has 0 radical (unpaired) electrons. The van der Waals surface area contributed by atoms with Crippen molar-refractivity contribution in [1.29, 1.82) is 0 Å². The summed E-state index contributed by atoms with van der Waals surface area (Å²) in [5.74, 6) is 0.855. The van der Waals surface area contributed by atoms with Gasteiger partial charge in [-0.05, 0) is 50.2 Å². The Morgan fingerprint density at radius 2 is 1.85 bits per heavy atom. The summed E-state index contributed by atoms with van der Waals surface area (Å²) < 4.78 is 5.69. The maximum absolute atomic E-state index is 9.65. The third kappa shape index (κ3) is 8.22. The molecule has 1 saturated carbocycles. The Kier molecular flexibility index (Phi) is 11.9. The Balaban J connectivity index is 0.00000338. The quantitative estimate of drug-likeness (QED) is 0.233. The second-order valence-electron chi connectivity index (χ2n) is 6.67. The molecule has 26 heavy (non-hydrogen) atoms. The van der Waals surface area contributed by atoms with Crippen LogP contribution >= 0.6 is 24.0 Å². The van der Waals surface area contributed by atoms with E-state index in [4.69, 9.17) is 9.73 Å². The molecule has 0 saturated heterocycles. The fraction of sp³-hybridized carbons (Fsp3) is 0.650. The number of rotatable bonds is 8. The number of ether oxygens (including phenoxy) is 1. The van der Waals surface area contributed by atoms with Crippen molar-refractivity contribution in [2.75, 3.05) is 13.2 Å². The van der Waals surface area contributed by atoms with Crippen LogP contribution in [0.25, 0.3) is 0 Å². The van der Waals surface area contributed by atoms with E-state index in [0.29, 0.717) is 19.2 Å². The lowest BCUT2D eigenvalue weighted by Crippen LogP contribution is -2.45. The number of aliphatic hydroxyl groups is 1. The van der Waals surface area contributed by atoms with E-state index in [0.717, 1.165) is 51.2 Å². The van der Waals surface area contributed by atoms with Crippen LogP contribution in [0.5, 0.6) is 0 Å². The SMILES string of the molecule is CCCOCc1ccccc1CN=C(NCC)NC1CCC(O)CC1.I. The summed E-state index contributed by atoms with van der Waals surface area (Å²) in [5, 5.41) is 16.5. The van der Waals surface area contributed by atoms with E-state index in [1.165, 1.54) is 11.1 Å². The van der Waals surface area contributed by atoms with Crippen LogP contribution in [-0.2, 0) is 17.9 Å². The molecule has 0 aromatic heterocycles. The van der Waals surface area contributed by atoms with Crippen molar-refractivity contribution in [2.45, 2.75) is 71.2 Å². The fourth-order valence-electron chi connectivity index (χ4n) is 3.08. The van der Waals surface area contributed by atoms with Crippen LogP contribution < -0.4 is 10.6 Å². The van der Waals surface area contributed by atoms with Crippen LogP contribution in [0, 0.1) is 0 Å². The first-order chi connectivity index (χ1) is 12.2. The lowest BCUT2D eigenvalue weighted by Gasteiger charge is -2.27. The maximum Gasteiger partial charge on any atom is 0.191 e. The minimum Gasteiger partial charge on any atom is -0.393 e. The van der Waals surface area contributed by atoms with Gasteiger partial charge in [0, 0.05) is 19.2 Å². The molecule has 0 atom stereocenters. The number of nitrogens with one attached hydrogen (secondary N) is 2. The highest BCUT2D eigenvalue weighted by molar-refractivity contribution is 14.0. The molecular weight excluding hydrogens is 441 g/mol. The Morgan fingerprint density at radius 1 is 1.15 bits per heavy atom. The molecule has 0 unspecified atom stereocenters. The first kappa shape index (κ1) is 23.2. The molecule has 148 valence electrons. The van der Waals surface area contributed by atoms with Gasteiger partial charge in [0.2, 0.25) is 0 Å². The zero-order chi connectivity index (χ0) is 17.9. The summed E-state index contributed by atoms with van der Waals surface area (Å²) >= 11 is 0. The molecule has 0 spiro atoms. The Morgan fingerprint density at radius 3 is 2.50 bits per heavy atom. The van der Waals surface area contributed by atoms with Crippen LogP contribution in [0.2, 0.25) is 0 Å². The number of guanidine groups is 1. The predicted octanol–water partition coefficient (Wildman–Crippen LogP) is 3.59. The molecule has 0 amide bonds. The molecule has 1 fully saturated rings. The van der Waals surface area contributed by atoms with Gasteiger partial charge in [0.15, 0.2) is 5.96 Å². The first-order valence-electron chi connectivity index (χ1n) is 9.60. The highest BCUT2D eigenvalue weighted by atomic mass is 127. The monoisotopic (exact) mass is 475 g/mol. The second-order valence-corrected chi connectivity index (χ2v) is 6.67. The molecule has 0 aliphatic heterocycles. The van der Waals surface area contributed by atoms with Gasteiger partial charge in [-0.25, -0.2) is 4.99 Å². The van der Waals surface area contributed by atoms with Crippen molar-refractivity contribution in [2.24, 2.45) is 4.99 Å². The fourth-order valence-corrected chi connectivity index (χ4v) is 3.08. The Labute approximate surface area is 175 Å². The summed E-state index contributed by atoms with van der Waals surface area (Å²) in [7, 11) is 0. The predicted molar refractivity (Wildman–Crippen MR) is 118 cm³/mol. The van der Waals surface area contributed by atoms with Gasteiger partial charge in [0.05, 0.1) is 19.3 Å². The number of nitrogens with zero attached hydrogens (tertiary/aromatic N) is 1. The first-order valence-corrected chi connectivity index (χ1v) is 9.60.